The summed E-state index contributed by atoms with van der Waals surface area (Å²) < 4.78 is 35.1. The molecule has 3 unspecified atom stereocenters. The minimum absolute atomic E-state index is 0.608. The van der Waals surface area contributed by atoms with E-state index in [2.05, 4.69) is 0 Å². The summed E-state index contributed by atoms with van der Waals surface area (Å²) in [4.78, 5) is 40.6. The van der Waals surface area contributed by atoms with Crippen LogP contribution >= 0.6 is 15.4 Å². The van der Waals surface area contributed by atoms with Crippen LogP contribution in [-0.4, -0.2) is 48.2 Å². The van der Waals surface area contributed by atoms with Gasteiger partial charge in [-0.25, -0.2) is 0 Å². The molecule has 11 heteroatoms. The van der Waals surface area contributed by atoms with Crippen molar-refractivity contribution >= 4 is 36.7 Å². The summed E-state index contributed by atoms with van der Waals surface area (Å²) in [6.45, 7) is 2.73. The molecule has 0 aliphatic heterocycles. The van der Waals surface area contributed by atoms with E-state index in [0.717, 1.165) is 0 Å². The fraction of sp³-hybridized carbons (Fsp3) is 0.226. The second kappa shape index (κ2) is 16.2. The number of rotatable bonds is 7. The van der Waals surface area contributed by atoms with E-state index in [1.165, 1.54) is 13.8 Å². The fourth-order valence-corrected chi connectivity index (χ4v) is 7.06. The van der Waals surface area contributed by atoms with Gasteiger partial charge in [0.25, 0.3) is 0 Å². The third-order valence-corrected chi connectivity index (χ3v) is 11.1. The Morgan fingerprint density at radius 2 is 0.762 bits per heavy atom. The zero-order chi connectivity index (χ0) is 31.4. The van der Waals surface area contributed by atoms with Crippen molar-refractivity contribution in [3.05, 3.63) is 121 Å². The molecule has 0 fully saturated rings. The number of hydrogen-bond acceptors (Lipinski definition) is 6. The molecule has 0 amide bonds. The van der Waals surface area contributed by atoms with Gasteiger partial charge in [-0.2, -0.15) is 13.2 Å². The molecule has 0 bridgehead atoms. The molecule has 230 valence electrons. The monoisotopic (exact) mass is 626 g/mol. The zero-order valence-electron chi connectivity index (χ0n) is 23.3. The van der Waals surface area contributed by atoms with Crippen molar-refractivity contribution in [2.45, 2.75) is 38.7 Å². The zero-order valence-corrected chi connectivity index (χ0v) is 25.3. The van der Waals surface area contributed by atoms with Crippen LogP contribution in [0.25, 0.3) is 0 Å². The molecular weight excluding hydrogens is 587 g/mol. The molecule has 4 rings (SSSR count). The number of alkyl halides is 3. The van der Waals surface area contributed by atoms with Crippen LogP contribution < -0.4 is 21.2 Å². The van der Waals surface area contributed by atoms with Gasteiger partial charge in [0.15, 0.2) is 0 Å². The van der Waals surface area contributed by atoms with Gasteiger partial charge in [0.2, 0.25) is 0 Å². The Labute approximate surface area is 245 Å². The molecule has 6 nitrogen and oxygen atoms in total. The molecule has 0 heterocycles. The van der Waals surface area contributed by atoms with Crippen LogP contribution in [-0.2, 0) is 0 Å². The van der Waals surface area contributed by atoms with Gasteiger partial charge in [-0.3, -0.25) is 0 Å². The molecule has 0 aliphatic carbocycles. The molecule has 0 saturated heterocycles. The third kappa shape index (κ3) is 11.2. The molecule has 4 aromatic rings. The van der Waals surface area contributed by atoms with E-state index in [-0.39, 0.29) is 0 Å². The Morgan fingerprint density at radius 1 is 0.524 bits per heavy atom. The van der Waals surface area contributed by atoms with Crippen LogP contribution in [0.4, 0.5) is 13.2 Å². The van der Waals surface area contributed by atoms with Crippen LogP contribution in [0.5, 0.6) is 0 Å². The molecule has 0 aromatic heterocycles. The summed E-state index contributed by atoms with van der Waals surface area (Å²) in [5, 5.41) is 20.2. The standard InChI is InChI=1S/2C12H13O2P.C7H13F3O2/c2*13-15(14,11-7-3-1-4-8-11)12-9-5-2-6-10-12;1-4(5(2)11)6(12)3-7(8,9)10/h2*1-10,13-15H;4-6,11-12H,3H2,1-2H3. The Morgan fingerprint density at radius 3 is 0.952 bits per heavy atom. The van der Waals surface area contributed by atoms with Gasteiger partial charge in [0.05, 0.1) is 18.6 Å². The van der Waals surface area contributed by atoms with Crippen molar-refractivity contribution in [3.8, 4) is 0 Å². The molecule has 0 spiro atoms. The van der Waals surface area contributed by atoms with Crippen LogP contribution in [0.3, 0.4) is 0 Å². The molecule has 42 heavy (non-hydrogen) atoms. The Balaban J connectivity index is 0.000000222. The number of aliphatic hydroxyl groups is 2. The minimum atomic E-state index is -4.37. The van der Waals surface area contributed by atoms with E-state index < -0.39 is 46.2 Å². The molecule has 3 atom stereocenters. The molecule has 0 saturated carbocycles. The van der Waals surface area contributed by atoms with E-state index in [1.54, 1.807) is 48.5 Å². The van der Waals surface area contributed by atoms with Crippen molar-refractivity contribution in [2.75, 3.05) is 0 Å². The van der Waals surface area contributed by atoms with E-state index in [0.29, 0.717) is 21.2 Å². The van der Waals surface area contributed by atoms with E-state index in [1.807, 2.05) is 72.8 Å². The summed E-state index contributed by atoms with van der Waals surface area (Å²) in [7, 11) is -6.91. The quantitative estimate of drug-likeness (QED) is 0.174. The van der Waals surface area contributed by atoms with Gasteiger partial charge in [-0.05, 0) is 6.92 Å². The first-order chi connectivity index (χ1) is 19.7. The van der Waals surface area contributed by atoms with Crippen LogP contribution in [0.1, 0.15) is 20.3 Å². The number of halogens is 3. The first kappa shape index (κ1) is 35.5. The number of aliphatic hydroxyl groups excluding tert-OH is 2. The van der Waals surface area contributed by atoms with Gasteiger partial charge >= 0.3 is 184 Å². The molecule has 0 radical (unpaired) electrons. The van der Waals surface area contributed by atoms with Gasteiger partial charge in [-0.1, -0.05) is 6.92 Å². The second-order valence-electron chi connectivity index (χ2n) is 9.79. The fourth-order valence-electron chi connectivity index (χ4n) is 3.76. The second-order valence-corrected chi connectivity index (χ2v) is 14.8. The molecule has 6 N–H and O–H groups in total. The first-order valence-corrected chi connectivity index (χ1v) is 17.0. The SMILES string of the molecule is CC(O)C(C)C(O)CC(F)(F)F.O[PH](O)(c1ccccc1)c1ccccc1.O[PH](O)(c1ccccc1)c1ccccc1. The van der Waals surface area contributed by atoms with Crippen molar-refractivity contribution in [1.29, 1.82) is 0 Å². The summed E-state index contributed by atoms with van der Waals surface area (Å²) in [6.07, 6.45) is -8.09. The normalized spacial score (nSPS) is 14.6. The summed E-state index contributed by atoms with van der Waals surface area (Å²) in [5.41, 5.74) is 0. The number of hydrogen-bond donors (Lipinski definition) is 6. The molecular formula is C31H39F3O6P2. The van der Waals surface area contributed by atoms with E-state index in [9.17, 15) is 32.7 Å². The van der Waals surface area contributed by atoms with Crippen molar-refractivity contribution in [1.82, 2.24) is 0 Å². The third-order valence-electron chi connectivity index (χ3n) is 6.51. The Kier molecular flexibility index (Phi) is 13.7. The Hall–Kier alpha value is -2.71. The summed E-state index contributed by atoms with van der Waals surface area (Å²) in [6, 6.07) is 35.9. The Bertz CT molecular complexity index is 1120. The van der Waals surface area contributed by atoms with Gasteiger partial charge < -0.3 is 10.2 Å². The predicted molar refractivity (Wildman–Crippen MR) is 167 cm³/mol. The number of benzene rings is 4. The molecule has 4 aromatic carbocycles. The van der Waals surface area contributed by atoms with Crippen molar-refractivity contribution < 1.29 is 43.0 Å². The van der Waals surface area contributed by atoms with Crippen LogP contribution in [0, 0.1) is 5.92 Å². The summed E-state index contributed by atoms with van der Waals surface area (Å²) >= 11 is 0. The van der Waals surface area contributed by atoms with Gasteiger partial charge in [-0.15, -0.1) is 0 Å². The van der Waals surface area contributed by atoms with Crippen LogP contribution in [0.15, 0.2) is 121 Å². The maximum atomic E-state index is 11.7. The van der Waals surface area contributed by atoms with E-state index >= 15 is 0 Å². The van der Waals surface area contributed by atoms with Crippen molar-refractivity contribution in [2.24, 2.45) is 5.92 Å². The van der Waals surface area contributed by atoms with Gasteiger partial charge in [0.1, 0.15) is 0 Å². The van der Waals surface area contributed by atoms with Crippen molar-refractivity contribution in [3.63, 3.8) is 0 Å². The van der Waals surface area contributed by atoms with Crippen LogP contribution in [0.2, 0.25) is 0 Å². The summed E-state index contributed by atoms with van der Waals surface area (Å²) in [5.74, 6) is -0.758. The molecule has 0 aliphatic rings. The first-order valence-electron chi connectivity index (χ1n) is 13.2. The van der Waals surface area contributed by atoms with E-state index in [4.69, 9.17) is 10.2 Å². The predicted octanol–water partition coefficient (Wildman–Crippen LogP) is 3.72. The maximum absolute atomic E-state index is 11.7. The average Bonchev–Trinajstić information content (AvgIpc) is 2.98. The average molecular weight is 627 g/mol. The topological polar surface area (TPSA) is 121 Å². The van der Waals surface area contributed by atoms with Gasteiger partial charge in [0, 0.05) is 5.92 Å².